The van der Waals surface area contributed by atoms with Crippen LogP contribution in [0.15, 0.2) is 24.3 Å². The number of hydrogen-bond acceptors (Lipinski definition) is 3. The quantitative estimate of drug-likeness (QED) is 0.872. The first-order valence-corrected chi connectivity index (χ1v) is 7.63. The van der Waals surface area contributed by atoms with Crippen LogP contribution in [0.1, 0.15) is 37.8 Å². The van der Waals surface area contributed by atoms with Crippen LogP contribution in [0.5, 0.6) is 0 Å². The normalized spacial score (nSPS) is 21.3. The average molecular weight is 327 g/mol. The van der Waals surface area contributed by atoms with E-state index in [2.05, 4.69) is 50.4 Å². The van der Waals surface area contributed by atoms with Gasteiger partial charge in [0.1, 0.15) is 6.10 Å². The first kappa shape index (κ1) is 18.9. The van der Waals surface area contributed by atoms with E-state index in [1.165, 1.54) is 11.1 Å². The van der Waals surface area contributed by atoms with E-state index in [0.29, 0.717) is 13.1 Å². The van der Waals surface area contributed by atoms with Gasteiger partial charge in [-0.3, -0.25) is 4.79 Å². The summed E-state index contributed by atoms with van der Waals surface area (Å²) in [5.74, 6) is -0.0221. The second kappa shape index (κ2) is 7.95. The average Bonchev–Trinajstić information content (AvgIpc) is 2.94. The third-order valence-corrected chi connectivity index (χ3v) is 4.20. The van der Waals surface area contributed by atoms with Gasteiger partial charge in [-0.1, -0.05) is 43.7 Å². The molecule has 0 radical (unpaired) electrons. The molecule has 5 heteroatoms. The van der Waals surface area contributed by atoms with Crippen LogP contribution in [-0.4, -0.2) is 31.2 Å². The van der Waals surface area contributed by atoms with E-state index >= 15 is 0 Å². The summed E-state index contributed by atoms with van der Waals surface area (Å²) < 4.78 is 5.62. The first-order valence-electron chi connectivity index (χ1n) is 7.63. The standard InChI is InChI=1S/C17H26N2O2.ClH/c1-12-4-6-13(7-5-12)17(2,3)11-19-16(20)15-9-8-14(10-18)21-15;/h4-7,14-15H,8-11,18H2,1-3H3,(H,19,20);1H/t14-,15+;/m1./s1. The van der Waals surface area contributed by atoms with E-state index in [1.54, 1.807) is 0 Å². The van der Waals surface area contributed by atoms with E-state index in [1.807, 2.05) is 0 Å². The van der Waals surface area contributed by atoms with Gasteiger partial charge in [0.05, 0.1) is 6.10 Å². The molecule has 0 aromatic heterocycles. The van der Waals surface area contributed by atoms with Gasteiger partial charge in [-0.15, -0.1) is 12.4 Å². The molecule has 1 saturated heterocycles. The molecule has 2 rings (SSSR count). The van der Waals surface area contributed by atoms with Crippen LogP contribution in [0, 0.1) is 6.92 Å². The molecule has 1 amide bonds. The number of carbonyl (C=O) groups is 1. The predicted molar refractivity (Wildman–Crippen MR) is 91.4 cm³/mol. The van der Waals surface area contributed by atoms with Gasteiger partial charge >= 0.3 is 0 Å². The van der Waals surface area contributed by atoms with E-state index in [4.69, 9.17) is 10.5 Å². The molecule has 0 bridgehead atoms. The molecule has 1 aliphatic rings. The molecule has 1 aromatic rings. The Balaban J connectivity index is 0.00000242. The van der Waals surface area contributed by atoms with Crippen molar-refractivity contribution in [2.24, 2.45) is 5.73 Å². The maximum atomic E-state index is 12.2. The summed E-state index contributed by atoms with van der Waals surface area (Å²) >= 11 is 0. The Kier molecular flexibility index (Phi) is 6.85. The third kappa shape index (κ3) is 4.70. The number of ether oxygens (including phenoxy) is 1. The smallest absolute Gasteiger partial charge is 0.249 e. The Bertz CT molecular complexity index is 488. The highest BCUT2D eigenvalue weighted by molar-refractivity contribution is 5.85. The minimum Gasteiger partial charge on any atom is -0.364 e. The molecule has 1 heterocycles. The second-order valence-corrected chi connectivity index (χ2v) is 6.53. The summed E-state index contributed by atoms with van der Waals surface area (Å²) in [5, 5.41) is 3.02. The van der Waals surface area contributed by atoms with Crippen molar-refractivity contribution in [3.05, 3.63) is 35.4 Å². The van der Waals surface area contributed by atoms with Gasteiger partial charge in [-0.05, 0) is 25.3 Å². The molecule has 2 atom stereocenters. The van der Waals surface area contributed by atoms with E-state index < -0.39 is 0 Å². The molecule has 4 nitrogen and oxygen atoms in total. The zero-order valence-corrected chi connectivity index (χ0v) is 14.4. The van der Waals surface area contributed by atoms with Crippen LogP contribution < -0.4 is 11.1 Å². The van der Waals surface area contributed by atoms with Crippen molar-refractivity contribution >= 4 is 18.3 Å². The number of benzene rings is 1. The zero-order valence-electron chi connectivity index (χ0n) is 13.6. The van der Waals surface area contributed by atoms with Crippen LogP contribution in [0.25, 0.3) is 0 Å². The number of rotatable bonds is 5. The van der Waals surface area contributed by atoms with Gasteiger partial charge in [0.2, 0.25) is 5.91 Å². The van der Waals surface area contributed by atoms with Gasteiger partial charge in [-0.2, -0.15) is 0 Å². The second-order valence-electron chi connectivity index (χ2n) is 6.53. The predicted octanol–water partition coefficient (Wildman–Crippen LogP) is 2.32. The SMILES string of the molecule is Cc1ccc(C(C)(C)CNC(=O)[C@@H]2CC[C@H](CN)O2)cc1.Cl. The third-order valence-electron chi connectivity index (χ3n) is 4.20. The molecule has 0 spiro atoms. The highest BCUT2D eigenvalue weighted by atomic mass is 35.5. The highest BCUT2D eigenvalue weighted by Gasteiger charge is 2.31. The van der Waals surface area contributed by atoms with Gasteiger partial charge in [0.25, 0.3) is 0 Å². The lowest BCUT2D eigenvalue weighted by Gasteiger charge is -2.26. The van der Waals surface area contributed by atoms with Gasteiger partial charge < -0.3 is 15.8 Å². The van der Waals surface area contributed by atoms with Crippen molar-refractivity contribution < 1.29 is 9.53 Å². The monoisotopic (exact) mass is 326 g/mol. The number of aryl methyl sites for hydroxylation is 1. The molecule has 3 N–H and O–H groups in total. The van der Waals surface area contributed by atoms with Crippen LogP contribution in [-0.2, 0) is 14.9 Å². The van der Waals surface area contributed by atoms with Crippen molar-refractivity contribution in [1.29, 1.82) is 0 Å². The lowest BCUT2D eigenvalue weighted by atomic mass is 9.84. The van der Waals surface area contributed by atoms with Gasteiger partial charge in [0.15, 0.2) is 0 Å². The molecule has 1 aliphatic heterocycles. The minimum absolute atomic E-state index is 0. The van der Waals surface area contributed by atoms with E-state index in [-0.39, 0.29) is 35.9 Å². The molecule has 1 fully saturated rings. The van der Waals surface area contributed by atoms with Gasteiger partial charge in [-0.25, -0.2) is 0 Å². The Morgan fingerprint density at radius 2 is 1.95 bits per heavy atom. The van der Waals surface area contributed by atoms with E-state index in [9.17, 15) is 4.79 Å². The summed E-state index contributed by atoms with van der Waals surface area (Å²) in [6.07, 6.45) is 1.33. The summed E-state index contributed by atoms with van der Waals surface area (Å²) in [7, 11) is 0. The van der Waals surface area contributed by atoms with Crippen LogP contribution in [0.2, 0.25) is 0 Å². The van der Waals surface area contributed by atoms with E-state index in [0.717, 1.165) is 12.8 Å². The number of carbonyl (C=O) groups excluding carboxylic acids is 1. The van der Waals surface area contributed by atoms with Crippen molar-refractivity contribution in [2.45, 2.75) is 51.2 Å². The summed E-state index contributed by atoms with van der Waals surface area (Å²) in [5.41, 5.74) is 7.93. The lowest BCUT2D eigenvalue weighted by Crippen LogP contribution is -2.42. The van der Waals surface area contributed by atoms with Crippen LogP contribution in [0.4, 0.5) is 0 Å². The fraction of sp³-hybridized carbons (Fsp3) is 0.588. The Labute approximate surface area is 139 Å². The highest BCUT2D eigenvalue weighted by Crippen LogP contribution is 2.23. The van der Waals surface area contributed by atoms with Crippen LogP contribution in [0.3, 0.4) is 0 Å². The summed E-state index contributed by atoms with van der Waals surface area (Å²) in [4.78, 5) is 12.2. The molecular weight excluding hydrogens is 300 g/mol. The van der Waals surface area contributed by atoms with Gasteiger partial charge in [0, 0.05) is 18.5 Å². The van der Waals surface area contributed by atoms with Crippen molar-refractivity contribution in [1.82, 2.24) is 5.32 Å². The number of amides is 1. The molecule has 0 saturated carbocycles. The minimum atomic E-state index is -0.340. The first-order chi connectivity index (χ1) is 9.92. The summed E-state index contributed by atoms with van der Waals surface area (Å²) in [6, 6.07) is 8.45. The Hall–Kier alpha value is -1.10. The lowest BCUT2D eigenvalue weighted by molar-refractivity contribution is -0.132. The fourth-order valence-corrected chi connectivity index (χ4v) is 2.60. The number of nitrogens with one attached hydrogen (secondary N) is 1. The molecule has 0 unspecified atom stereocenters. The summed E-state index contributed by atoms with van der Waals surface area (Å²) in [6.45, 7) is 7.43. The molecular formula is C17H27ClN2O2. The topological polar surface area (TPSA) is 64.4 Å². The molecule has 124 valence electrons. The maximum absolute atomic E-state index is 12.2. The Morgan fingerprint density at radius 1 is 1.32 bits per heavy atom. The number of hydrogen-bond donors (Lipinski definition) is 2. The number of halogens is 1. The largest absolute Gasteiger partial charge is 0.364 e. The van der Waals surface area contributed by atoms with Crippen molar-refractivity contribution in [3.8, 4) is 0 Å². The molecule has 0 aliphatic carbocycles. The number of nitrogens with two attached hydrogens (primary N) is 1. The molecule has 22 heavy (non-hydrogen) atoms. The van der Waals surface area contributed by atoms with Crippen molar-refractivity contribution in [2.75, 3.05) is 13.1 Å². The zero-order chi connectivity index (χ0) is 15.5. The molecule has 1 aromatic carbocycles. The Morgan fingerprint density at radius 3 is 2.50 bits per heavy atom. The van der Waals surface area contributed by atoms with Crippen molar-refractivity contribution in [3.63, 3.8) is 0 Å². The maximum Gasteiger partial charge on any atom is 0.249 e. The fourth-order valence-electron chi connectivity index (χ4n) is 2.60. The van der Waals surface area contributed by atoms with Crippen LogP contribution >= 0.6 is 12.4 Å².